The first-order chi connectivity index (χ1) is 15.0. The van der Waals surface area contributed by atoms with Crippen molar-refractivity contribution in [3.05, 3.63) is 88.3 Å². The molecule has 4 aromatic rings. The molecular formula is C23H13F4IO3S. The van der Waals surface area contributed by atoms with Gasteiger partial charge in [0.15, 0.2) is 0 Å². The van der Waals surface area contributed by atoms with Gasteiger partial charge in [0.1, 0.15) is 11.6 Å². The highest BCUT2D eigenvalue weighted by Crippen LogP contribution is 2.32. The summed E-state index contributed by atoms with van der Waals surface area (Å²) in [5, 5.41) is 1.10. The molecule has 0 amide bonds. The standard InChI is InChI=1S/C23H13F4IO3S/c24-22-13-18(6-10-21(22)14-3-7-19(28)8-4-14)15-1-2-17-12-20(9-5-16(17)11-15)31-32(29,30)23(25,26)27/h1-13H. The van der Waals surface area contributed by atoms with Crippen LogP contribution in [0, 0.1) is 9.39 Å². The Bertz CT molecular complexity index is 1420. The average Bonchev–Trinajstić information content (AvgIpc) is 2.73. The molecule has 0 bridgehead atoms. The normalized spacial score (nSPS) is 12.2. The summed E-state index contributed by atoms with van der Waals surface area (Å²) in [6, 6.07) is 21.1. The average molecular weight is 572 g/mol. The number of hydrogen-bond donors (Lipinski definition) is 0. The first-order valence-electron chi connectivity index (χ1n) is 9.14. The van der Waals surface area contributed by atoms with Crippen LogP contribution in [-0.2, 0) is 10.1 Å². The fourth-order valence-electron chi connectivity index (χ4n) is 3.19. The summed E-state index contributed by atoms with van der Waals surface area (Å²) >= 11 is 2.17. The van der Waals surface area contributed by atoms with E-state index in [0.717, 1.165) is 15.2 Å². The molecule has 0 aliphatic carbocycles. The second kappa shape index (κ2) is 8.36. The van der Waals surface area contributed by atoms with E-state index in [2.05, 4.69) is 26.8 Å². The molecule has 0 spiro atoms. The van der Waals surface area contributed by atoms with E-state index in [4.69, 9.17) is 0 Å². The monoisotopic (exact) mass is 572 g/mol. The zero-order valence-electron chi connectivity index (χ0n) is 16.0. The van der Waals surface area contributed by atoms with Crippen molar-refractivity contribution >= 4 is 43.5 Å². The van der Waals surface area contributed by atoms with Crippen molar-refractivity contribution in [2.45, 2.75) is 5.51 Å². The quantitative estimate of drug-likeness (QED) is 0.113. The van der Waals surface area contributed by atoms with Gasteiger partial charge in [0.05, 0.1) is 0 Å². The van der Waals surface area contributed by atoms with Crippen LogP contribution in [0.25, 0.3) is 33.0 Å². The summed E-state index contributed by atoms with van der Waals surface area (Å²) in [7, 11) is -5.75. The molecule has 0 radical (unpaired) electrons. The predicted molar refractivity (Wildman–Crippen MR) is 123 cm³/mol. The SMILES string of the molecule is O=S(=O)(Oc1ccc2cc(-c3ccc(-c4ccc(I)cc4)c(F)c3)ccc2c1)C(F)(F)F. The Morgan fingerprint density at radius 3 is 1.94 bits per heavy atom. The van der Waals surface area contributed by atoms with Gasteiger partial charge in [0, 0.05) is 9.13 Å². The number of halogens is 5. The van der Waals surface area contributed by atoms with E-state index in [1.165, 1.54) is 18.2 Å². The maximum atomic E-state index is 14.8. The highest BCUT2D eigenvalue weighted by atomic mass is 127. The molecule has 0 heterocycles. The van der Waals surface area contributed by atoms with Crippen molar-refractivity contribution in [3.63, 3.8) is 0 Å². The Labute approximate surface area is 194 Å². The van der Waals surface area contributed by atoms with Gasteiger partial charge in [-0.3, -0.25) is 0 Å². The highest BCUT2D eigenvalue weighted by molar-refractivity contribution is 14.1. The second-order valence-electron chi connectivity index (χ2n) is 6.91. The number of benzene rings is 4. The summed E-state index contributed by atoms with van der Waals surface area (Å²) in [5.41, 5.74) is -2.96. The van der Waals surface area contributed by atoms with Crippen molar-refractivity contribution in [2.24, 2.45) is 0 Å². The van der Waals surface area contributed by atoms with E-state index in [-0.39, 0.29) is 5.82 Å². The summed E-state index contributed by atoms with van der Waals surface area (Å²) < 4.78 is 79.9. The van der Waals surface area contributed by atoms with E-state index in [1.807, 2.05) is 24.3 Å². The van der Waals surface area contributed by atoms with Crippen LogP contribution in [0.2, 0.25) is 0 Å². The third-order valence-corrected chi connectivity index (χ3v) is 6.46. The predicted octanol–water partition coefficient (Wildman–Crippen LogP) is 7.15. The third-order valence-electron chi connectivity index (χ3n) is 4.76. The molecule has 3 nitrogen and oxygen atoms in total. The molecule has 4 rings (SSSR count). The van der Waals surface area contributed by atoms with E-state index in [1.54, 1.807) is 30.3 Å². The van der Waals surface area contributed by atoms with E-state index < -0.39 is 21.4 Å². The maximum absolute atomic E-state index is 14.8. The van der Waals surface area contributed by atoms with E-state index in [9.17, 15) is 26.0 Å². The van der Waals surface area contributed by atoms with Crippen molar-refractivity contribution in [2.75, 3.05) is 0 Å². The molecular weight excluding hydrogens is 559 g/mol. The van der Waals surface area contributed by atoms with Crippen LogP contribution >= 0.6 is 22.6 Å². The third kappa shape index (κ3) is 4.58. The summed E-state index contributed by atoms with van der Waals surface area (Å²) in [6.07, 6.45) is 0. The second-order valence-corrected chi connectivity index (χ2v) is 9.69. The lowest BCUT2D eigenvalue weighted by Crippen LogP contribution is -2.28. The summed E-state index contributed by atoms with van der Waals surface area (Å²) in [6.45, 7) is 0. The van der Waals surface area contributed by atoms with Crippen molar-refractivity contribution in [1.82, 2.24) is 0 Å². The van der Waals surface area contributed by atoms with Gasteiger partial charge in [-0.15, -0.1) is 0 Å². The van der Waals surface area contributed by atoms with E-state index in [0.29, 0.717) is 27.5 Å². The molecule has 0 fully saturated rings. The smallest absolute Gasteiger partial charge is 0.376 e. The lowest BCUT2D eigenvalue weighted by Gasteiger charge is -2.11. The van der Waals surface area contributed by atoms with Crippen LogP contribution in [0.5, 0.6) is 5.75 Å². The molecule has 9 heteroatoms. The summed E-state index contributed by atoms with van der Waals surface area (Å²) in [5.74, 6) is -0.833. The number of hydrogen-bond acceptors (Lipinski definition) is 3. The Kier molecular flexibility index (Phi) is 5.89. The fourth-order valence-corrected chi connectivity index (χ4v) is 4.00. The maximum Gasteiger partial charge on any atom is 0.534 e. The molecule has 164 valence electrons. The van der Waals surface area contributed by atoms with Crippen LogP contribution in [0.3, 0.4) is 0 Å². The van der Waals surface area contributed by atoms with Crippen LogP contribution in [0.15, 0.2) is 78.9 Å². The molecule has 0 N–H and O–H groups in total. The van der Waals surface area contributed by atoms with Crippen LogP contribution in [-0.4, -0.2) is 13.9 Å². The van der Waals surface area contributed by atoms with Gasteiger partial charge in [-0.2, -0.15) is 21.6 Å². The van der Waals surface area contributed by atoms with Gasteiger partial charge in [-0.1, -0.05) is 42.5 Å². The number of alkyl halides is 3. The molecule has 4 aromatic carbocycles. The van der Waals surface area contributed by atoms with Crippen molar-refractivity contribution in [3.8, 4) is 28.0 Å². The Balaban J connectivity index is 1.64. The van der Waals surface area contributed by atoms with Gasteiger partial charge in [0.25, 0.3) is 0 Å². The lowest BCUT2D eigenvalue weighted by molar-refractivity contribution is -0.0500. The van der Waals surface area contributed by atoms with Crippen molar-refractivity contribution < 1.29 is 30.2 Å². The fraction of sp³-hybridized carbons (Fsp3) is 0.0435. The van der Waals surface area contributed by atoms with Crippen LogP contribution in [0.1, 0.15) is 0 Å². The zero-order valence-corrected chi connectivity index (χ0v) is 19.0. The van der Waals surface area contributed by atoms with Crippen LogP contribution in [0.4, 0.5) is 17.6 Å². The van der Waals surface area contributed by atoms with Gasteiger partial charge in [-0.25, -0.2) is 4.39 Å². The molecule has 0 atom stereocenters. The minimum atomic E-state index is -5.75. The number of rotatable bonds is 4. The zero-order chi connectivity index (χ0) is 23.1. The lowest BCUT2D eigenvalue weighted by atomic mass is 9.98. The minimum absolute atomic E-state index is 0.384. The molecule has 0 aliphatic heterocycles. The van der Waals surface area contributed by atoms with Gasteiger partial charge in [-0.05, 0) is 86.5 Å². The van der Waals surface area contributed by atoms with Crippen molar-refractivity contribution in [1.29, 1.82) is 0 Å². The molecule has 0 aromatic heterocycles. The minimum Gasteiger partial charge on any atom is -0.376 e. The first-order valence-corrected chi connectivity index (χ1v) is 11.6. The molecule has 32 heavy (non-hydrogen) atoms. The molecule has 0 saturated heterocycles. The Hall–Kier alpha value is -2.66. The Morgan fingerprint density at radius 2 is 1.28 bits per heavy atom. The molecule has 0 unspecified atom stereocenters. The topological polar surface area (TPSA) is 43.4 Å². The largest absolute Gasteiger partial charge is 0.534 e. The highest BCUT2D eigenvalue weighted by Gasteiger charge is 2.48. The summed E-state index contributed by atoms with van der Waals surface area (Å²) in [4.78, 5) is 0. The van der Waals surface area contributed by atoms with Gasteiger partial charge in [0.2, 0.25) is 0 Å². The first kappa shape index (κ1) is 22.5. The van der Waals surface area contributed by atoms with E-state index >= 15 is 0 Å². The number of fused-ring (bicyclic) bond motifs is 1. The van der Waals surface area contributed by atoms with Gasteiger partial charge >= 0.3 is 15.6 Å². The van der Waals surface area contributed by atoms with Crippen LogP contribution < -0.4 is 4.18 Å². The molecule has 0 aliphatic rings. The molecule has 0 saturated carbocycles. The van der Waals surface area contributed by atoms with Gasteiger partial charge < -0.3 is 4.18 Å². The Morgan fingerprint density at radius 1 is 0.719 bits per heavy atom.